The number of aliphatic imine (C=N–C) groups is 1. The number of hydrogen-bond donors (Lipinski definition) is 1. The van der Waals surface area contributed by atoms with Gasteiger partial charge >= 0.3 is 0 Å². The van der Waals surface area contributed by atoms with E-state index in [1.807, 2.05) is 6.92 Å². The van der Waals surface area contributed by atoms with Gasteiger partial charge in [-0.05, 0) is 18.5 Å². The van der Waals surface area contributed by atoms with Crippen molar-refractivity contribution >= 4 is 16.9 Å². The molecule has 0 aliphatic rings. The number of ether oxygens (including phenoxy) is 1. The van der Waals surface area contributed by atoms with Crippen LogP contribution in [0.15, 0.2) is 29.6 Å². The summed E-state index contributed by atoms with van der Waals surface area (Å²) in [6.45, 7) is 9.45. The zero-order chi connectivity index (χ0) is 8.85. The average molecular weight is 175 g/mol. The Morgan fingerprint density at radius 3 is 2.55 bits per heavy atom. The normalized spacial score (nSPS) is 10.9. The van der Waals surface area contributed by atoms with Crippen molar-refractivity contribution in [3.63, 3.8) is 0 Å². The Kier molecular flexibility index (Phi) is 4.38. The van der Waals surface area contributed by atoms with E-state index >= 15 is 0 Å². The Morgan fingerprint density at radius 1 is 1.64 bits per heavy atom. The van der Waals surface area contributed by atoms with Gasteiger partial charge in [0.15, 0.2) is 5.29 Å². The minimum atomic E-state index is -0.0733. The second-order valence-corrected chi connectivity index (χ2v) is 2.12. The SMILES string of the molecule is C=C(N=C(N)Cl)C(=C)OCC. The summed E-state index contributed by atoms with van der Waals surface area (Å²) >= 11 is 5.29. The molecule has 0 heterocycles. The standard InChI is InChI=1S/C7H11ClN2O/c1-4-11-6(3)5(2)10-7(8)9/h2-4H2,1H3,(H2,9,10). The molecule has 4 heteroatoms. The molecule has 0 aliphatic carbocycles. The van der Waals surface area contributed by atoms with Crippen LogP contribution in [0.4, 0.5) is 0 Å². The van der Waals surface area contributed by atoms with Gasteiger partial charge in [0.25, 0.3) is 0 Å². The number of rotatable bonds is 4. The van der Waals surface area contributed by atoms with E-state index in [0.717, 1.165) is 0 Å². The van der Waals surface area contributed by atoms with Crippen LogP contribution >= 0.6 is 11.6 Å². The Morgan fingerprint density at radius 2 is 2.18 bits per heavy atom. The van der Waals surface area contributed by atoms with E-state index < -0.39 is 0 Å². The summed E-state index contributed by atoms with van der Waals surface area (Å²) in [5, 5.41) is -0.0733. The van der Waals surface area contributed by atoms with Gasteiger partial charge in [0.05, 0.1) is 6.61 Å². The third-order valence-corrected chi connectivity index (χ3v) is 0.967. The highest BCUT2D eigenvalue weighted by atomic mass is 35.5. The van der Waals surface area contributed by atoms with Crippen molar-refractivity contribution in [2.75, 3.05) is 6.61 Å². The number of hydrogen-bond acceptors (Lipinski definition) is 2. The van der Waals surface area contributed by atoms with Gasteiger partial charge in [-0.1, -0.05) is 13.2 Å². The van der Waals surface area contributed by atoms with Gasteiger partial charge < -0.3 is 10.5 Å². The van der Waals surface area contributed by atoms with E-state index in [2.05, 4.69) is 18.2 Å². The van der Waals surface area contributed by atoms with Crippen LogP contribution < -0.4 is 5.73 Å². The van der Waals surface area contributed by atoms with Crippen molar-refractivity contribution in [3.8, 4) is 0 Å². The van der Waals surface area contributed by atoms with E-state index in [0.29, 0.717) is 18.1 Å². The molecule has 0 unspecified atom stereocenters. The lowest BCUT2D eigenvalue weighted by molar-refractivity contribution is 0.239. The topological polar surface area (TPSA) is 47.6 Å². The molecule has 0 amide bonds. The summed E-state index contributed by atoms with van der Waals surface area (Å²) in [4.78, 5) is 3.64. The van der Waals surface area contributed by atoms with E-state index in [9.17, 15) is 0 Å². The maximum Gasteiger partial charge on any atom is 0.193 e. The average Bonchev–Trinajstić information content (AvgIpc) is 1.86. The predicted octanol–water partition coefficient (Wildman–Crippen LogP) is 1.60. The van der Waals surface area contributed by atoms with Crippen molar-refractivity contribution in [2.45, 2.75) is 6.92 Å². The molecule has 0 rings (SSSR count). The lowest BCUT2D eigenvalue weighted by atomic mass is 10.4. The van der Waals surface area contributed by atoms with Crippen LogP contribution in [0.5, 0.6) is 0 Å². The Bertz CT molecular complexity index is 195. The van der Waals surface area contributed by atoms with Crippen LogP contribution in [-0.2, 0) is 4.74 Å². The van der Waals surface area contributed by atoms with E-state index in [1.165, 1.54) is 0 Å². The molecular formula is C7H11ClN2O. The van der Waals surface area contributed by atoms with Crippen molar-refractivity contribution < 1.29 is 4.74 Å². The summed E-state index contributed by atoms with van der Waals surface area (Å²) in [7, 11) is 0. The fraction of sp³-hybridized carbons (Fsp3) is 0.286. The predicted molar refractivity (Wildman–Crippen MR) is 47.4 cm³/mol. The summed E-state index contributed by atoms with van der Waals surface area (Å²) in [6, 6.07) is 0. The van der Waals surface area contributed by atoms with Gasteiger partial charge in [-0.3, -0.25) is 0 Å². The summed E-state index contributed by atoms with van der Waals surface area (Å²) in [6.07, 6.45) is 0. The van der Waals surface area contributed by atoms with Crippen LogP contribution in [0.3, 0.4) is 0 Å². The summed E-state index contributed by atoms with van der Waals surface area (Å²) < 4.78 is 4.99. The third-order valence-electron chi connectivity index (χ3n) is 0.882. The van der Waals surface area contributed by atoms with Gasteiger partial charge in [0.1, 0.15) is 11.5 Å². The fourth-order valence-electron chi connectivity index (χ4n) is 0.449. The smallest absolute Gasteiger partial charge is 0.193 e. The molecule has 0 aromatic carbocycles. The molecule has 62 valence electrons. The van der Waals surface area contributed by atoms with Crippen molar-refractivity contribution in [1.82, 2.24) is 0 Å². The molecule has 0 bridgehead atoms. The molecule has 0 aromatic heterocycles. The van der Waals surface area contributed by atoms with E-state index in [1.54, 1.807) is 0 Å². The molecule has 3 nitrogen and oxygen atoms in total. The second kappa shape index (κ2) is 4.79. The number of nitrogens with zero attached hydrogens (tertiary/aromatic N) is 1. The number of halogens is 1. The van der Waals surface area contributed by atoms with Crippen LogP contribution in [-0.4, -0.2) is 11.9 Å². The molecule has 0 aliphatic heterocycles. The van der Waals surface area contributed by atoms with E-state index in [4.69, 9.17) is 22.1 Å². The molecule has 0 atom stereocenters. The largest absolute Gasteiger partial charge is 0.492 e. The summed E-state index contributed by atoms with van der Waals surface area (Å²) in [5.41, 5.74) is 5.43. The van der Waals surface area contributed by atoms with Gasteiger partial charge in [0, 0.05) is 0 Å². The number of nitrogens with two attached hydrogens (primary N) is 1. The van der Waals surface area contributed by atoms with Crippen molar-refractivity contribution in [3.05, 3.63) is 24.6 Å². The lowest BCUT2D eigenvalue weighted by Gasteiger charge is -2.04. The fourth-order valence-corrected chi connectivity index (χ4v) is 0.551. The molecule has 0 saturated heterocycles. The van der Waals surface area contributed by atoms with Gasteiger partial charge in [0.2, 0.25) is 0 Å². The third kappa shape index (κ3) is 4.44. The molecule has 11 heavy (non-hydrogen) atoms. The molecule has 0 aromatic rings. The van der Waals surface area contributed by atoms with Crippen LogP contribution in [0, 0.1) is 0 Å². The van der Waals surface area contributed by atoms with Gasteiger partial charge in [-0.2, -0.15) is 0 Å². The van der Waals surface area contributed by atoms with Crippen molar-refractivity contribution in [1.29, 1.82) is 0 Å². The van der Waals surface area contributed by atoms with Crippen molar-refractivity contribution in [2.24, 2.45) is 10.7 Å². The first kappa shape index (κ1) is 10.0. The Labute approximate surface area is 71.2 Å². The van der Waals surface area contributed by atoms with Crippen LogP contribution in [0.2, 0.25) is 0 Å². The zero-order valence-corrected chi connectivity index (χ0v) is 7.19. The Hall–Kier alpha value is -0.960. The van der Waals surface area contributed by atoms with Crippen LogP contribution in [0.25, 0.3) is 0 Å². The molecule has 0 spiro atoms. The van der Waals surface area contributed by atoms with Gasteiger partial charge in [-0.15, -0.1) is 0 Å². The van der Waals surface area contributed by atoms with E-state index in [-0.39, 0.29) is 5.29 Å². The molecule has 0 fully saturated rings. The Balaban J connectivity index is 4.05. The monoisotopic (exact) mass is 174 g/mol. The van der Waals surface area contributed by atoms with Crippen LogP contribution in [0.1, 0.15) is 6.92 Å². The molecular weight excluding hydrogens is 164 g/mol. The lowest BCUT2D eigenvalue weighted by Crippen LogP contribution is -2.03. The second-order valence-electron chi connectivity index (χ2n) is 1.74. The first-order valence-electron chi connectivity index (χ1n) is 3.08. The highest BCUT2D eigenvalue weighted by Gasteiger charge is 1.97. The summed E-state index contributed by atoms with van der Waals surface area (Å²) in [5.74, 6) is 0.385. The molecule has 2 N–H and O–H groups in total. The minimum absolute atomic E-state index is 0.0733. The number of amidine groups is 1. The first-order chi connectivity index (χ1) is 5.07. The maximum atomic E-state index is 5.29. The highest BCUT2D eigenvalue weighted by molar-refractivity contribution is 6.64. The maximum absolute atomic E-state index is 5.29. The first-order valence-corrected chi connectivity index (χ1v) is 3.46. The quantitative estimate of drug-likeness (QED) is 0.231. The highest BCUT2D eigenvalue weighted by Crippen LogP contribution is 2.07. The van der Waals surface area contributed by atoms with Gasteiger partial charge in [-0.25, -0.2) is 4.99 Å². The zero-order valence-electron chi connectivity index (χ0n) is 6.43. The molecule has 0 radical (unpaired) electrons. The minimum Gasteiger partial charge on any atom is -0.492 e. The molecule has 0 saturated carbocycles.